The fourth-order valence-electron chi connectivity index (χ4n) is 2.49. The van der Waals surface area contributed by atoms with Crippen LogP contribution in [-0.2, 0) is 10.0 Å². The Kier molecular flexibility index (Phi) is 5.18. The minimum absolute atomic E-state index is 0.0541. The second-order valence-electron chi connectivity index (χ2n) is 5.75. The molecule has 140 valence electrons. The number of methoxy groups -OCH3 is 1. The van der Waals surface area contributed by atoms with E-state index < -0.39 is 15.9 Å². The van der Waals surface area contributed by atoms with Gasteiger partial charge in [0, 0.05) is 5.69 Å². The summed E-state index contributed by atoms with van der Waals surface area (Å²) in [7, 11) is -2.43. The number of carbonyl (C=O) groups excluding carboxylic acids is 1. The van der Waals surface area contributed by atoms with Gasteiger partial charge >= 0.3 is 0 Å². The van der Waals surface area contributed by atoms with Crippen LogP contribution in [0.2, 0.25) is 0 Å². The van der Waals surface area contributed by atoms with E-state index in [-0.39, 0.29) is 4.90 Å². The zero-order chi connectivity index (χ0) is 19.4. The molecule has 0 aliphatic carbocycles. The Bertz CT molecular complexity index is 1060. The Labute approximate surface area is 157 Å². The summed E-state index contributed by atoms with van der Waals surface area (Å²) in [5.74, 6) is 0.0109. The van der Waals surface area contributed by atoms with Gasteiger partial charge in [-0.1, -0.05) is 18.2 Å². The predicted molar refractivity (Wildman–Crippen MR) is 102 cm³/mol. The van der Waals surface area contributed by atoms with Gasteiger partial charge in [0.2, 0.25) is 0 Å². The normalized spacial score (nSPS) is 11.0. The molecule has 3 aromatic rings. The quantitative estimate of drug-likeness (QED) is 0.674. The number of amides is 1. The summed E-state index contributed by atoms with van der Waals surface area (Å²) in [6.45, 7) is 1.68. The molecular weight excluding hydrogens is 368 g/mol. The molecule has 0 fully saturated rings. The van der Waals surface area contributed by atoms with Crippen LogP contribution in [0.15, 0.2) is 70.4 Å². The first-order valence-corrected chi connectivity index (χ1v) is 9.49. The molecule has 0 saturated carbocycles. The minimum Gasteiger partial charge on any atom is -0.495 e. The van der Waals surface area contributed by atoms with Gasteiger partial charge in [-0.3, -0.25) is 9.52 Å². The second-order valence-corrected chi connectivity index (χ2v) is 7.40. The van der Waals surface area contributed by atoms with Gasteiger partial charge in [-0.05, 0) is 42.8 Å². The van der Waals surface area contributed by atoms with Gasteiger partial charge in [-0.25, -0.2) is 8.42 Å². The Morgan fingerprint density at radius 1 is 1.11 bits per heavy atom. The molecule has 0 atom stereocenters. The van der Waals surface area contributed by atoms with Gasteiger partial charge in [-0.2, -0.15) is 0 Å². The molecule has 2 aromatic carbocycles. The fourth-order valence-corrected chi connectivity index (χ4v) is 3.84. The van der Waals surface area contributed by atoms with E-state index >= 15 is 0 Å². The topological polar surface area (TPSA) is 97.6 Å². The molecule has 0 aliphatic rings. The zero-order valence-electron chi connectivity index (χ0n) is 14.7. The number of benzene rings is 2. The van der Waals surface area contributed by atoms with Crippen molar-refractivity contribution in [3.05, 3.63) is 72.2 Å². The van der Waals surface area contributed by atoms with Crippen molar-refractivity contribution in [2.45, 2.75) is 11.8 Å². The summed E-state index contributed by atoms with van der Waals surface area (Å²) < 4.78 is 38.3. The number of sulfonamides is 1. The predicted octanol–water partition coefficient (Wildman–Crippen LogP) is 3.65. The van der Waals surface area contributed by atoms with Crippen molar-refractivity contribution in [3.63, 3.8) is 0 Å². The van der Waals surface area contributed by atoms with Crippen molar-refractivity contribution < 1.29 is 22.4 Å². The lowest BCUT2D eigenvalue weighted by atomic mass is 10.2. The Hall–Kier alpha value is -3.26. The SMILES string of the molecule is COc1ccccc1NS(=O)(=O)c1cc(NC(=O)c2ccoc2)ccc1C. The van der Waals surface area contributed by atoms with E-state index in [1.807, 2.05) is 0 Å². The highest BCUT2D eigenvalue weighted by atomic mass is 32.2. The van der Waals surface area contributed by atoms with Gasteiger partial charge in [0.05, 0.1) is 29.5 Å². The summed E-state index contributed by atoms with van der Waals surface area (Å²) in [4.78, 5) is 12.2. The van der Waals surface area contributed by atoms with E-state index in [9.17, 15) is 13.2 Å². The Morgan fingerprint density at radius 3 is 2.59 bits per heavy atom. The summed E-state index contributed by atoms with van der Waals surface area (Å²) in [6, 6.07) is 12.9. The molecule has 1 heterocycles. The Morgan fingerprint density at radius 2 is 1.89 bits per heavy atom. The monoisotopic (exact) mass is 386 g/mol. The molecule has 0 aliphatic heterocycles. The Balaban J connectivity index is 1.90. The highest BCUT2D eigenvalue weighted by Crippen LogP contribution is 2.28. The number of para-hydroxylation sites is 2. The molecule has 0 saturated heterocycles. The zero-order valence-corrected chi connectivity index (χ0v) is 15.5. The molecular formula is C19H18N2O5S. The lowest BCUT2D eigenvalue weighted by molar-refractivity contribution is 0.102. The fraction of sp³-hybridized carbons (Fsp3) is 0.105. The highest BCUT2D eigenvalue weighted by Gasteiger charge is 2.20. The molecule has 0 bridgehead atoms. The summed E-state index contributed by atoms with van der Waals surface area (Å²) in [5, 5.41) is 2.65. The van der Waals surface area contributed by atoms with E-state index in [4.69, 9.17) is 9.15 Å². The van der Waals surface area contributed by atoms with Crippen molar-refractivity contribution in [3.8, 4) is 5.75 Å². The van der Waals surface area contributed by atoms with Crippen LogP contribution in [0.3, 0.4) is 0 Å². The van der Waals surface area contributed by atoms with Crippen LogP contribution in [0.5, 0.6) is 5.75 Å². The van der Waals surface area contributed by atoms with Crippen molar-refractivity contribution in [2.24, 2.45) is 0 Å². The summed E-state index contributed by atoms with van der Waals surface area (Å²) in [6.07, 6.45) is 2.70. The molecule has 8 heteroatoms. The maximum Gasteiger partial charge on any atom is 0.262 e. The molecule has 0 radical (unpaired) electrons. The number of rotatable bonds is 6. The number of carbonyl (C=O) groups is 1. The maximum atomic E-state index is 12.9. The first-order chi connectivity index (χ1) is 12.9. The third kappa shape index (κ3) is 4.12. The first kappa shape index (κ1) is 18.5. The van der Waals surface area contributed by atoms with Crippen molar-refractivity contribution >= 4 is 27.3 Å². The molecule has 27 heavy (non-hydrogen) atoms. The molecule has 1 aromatic heterocycles. The maximum absolute atomic E-state index is 12.9. The van der Waals surface area contributed by atoms with Gasteiger partial charge < -0.3 is 14.5 Å². The van der Waals surface area contributed by atoms with Crippen LogP contribution < -0.4 is 14.8 Å². The van der Waals surface area contributed by atoms with E-state index in [2.05, 4.69) is 10.0 Å². The highest BCUT2D eigenvalue weighted by molar-refractivity contribution is 7.92. The van der Waals surface area contributed by atoms with Crippen LogP contribution in [0, 0.1) is 6.92 Å². The molecule has 0 unspecified atom stereocenters. The number of anilines is 2. The number of aryl methyl sites for hydroxylation is 1. The van der Waals surface area contributed by atoms with E-state index in [0.717, 1.165) is 0 Å². The van der Waals surface area contributed by atoms with Gasteiger partial charge in [0.15, 0.2) is 0 Å². The lowest BCUT2D eigenvalue weighted by Crippen LogP contribution is -2.16. The number of hydrogen-bond donors (Lipinski definition) is 2. The van der Waals surface area contributed by atoms with Crippen LogP contribution >= 0.6 is 0 Å². The van der Waals surface area contributed by atoms with Crippen LogP contribution in [0.25, 0.3) is 0 Å². The largest absolute Gasteiger partial charge is 0.495 e. The summed E-state index contributed by atoms with van der Waals surface area (Å²) in [5.41, 5.74) is 1.56. The van der Waals surface area contributed by atoms with E-state index in [1.54, 1.807) is 43.3 Å². The van der Waals surface area contributed by atoms with Crippen molar-refractivity contribution in [2.75, 3.05) is 17.1 Å². The van der Waals surface area contributed by atoms with Gasteiger partial charge in [0.25, 0.3) is 15.9 Å². The number of nitrogens with one attached hydrogen (secondary N) is 2. The standard InChI is InChI=1S/C19H18N2O5S/c1-13-7-8-15(20-19(22)14-9-10-26-12-14)11-18(13)27(23,24)21-16-5-3-4-6-17(16)25-2/h3-12,21H,1-2H3,(H,20,22). The average Bonchev–Trinajstić information content (AvgIpc) is 3.18. The van der Waals surface area contributed by atoms with E-state index in [1.165, 1.54) is 31.8 Å². The minimum atomic E-state index is -3.89. The molecule has 1 amide bonds. The molecule has 0 spiro atoms. The number of hydrogen-bond acceptors (Lipinski definition) is 5. The number of furan rings is 1. The molecule has 2 N–H and O–H groups in total. The van der Waals surface area contributed by atoms with Gasteiger partial charge in [-0.15, -0.1) is 0 Å². The third-order valence-electron chi connectivity index (χ3n) is 3.87. The van der Waals surface area contributed by atoms with E-state index in [0.29, 0.717) is 28.3 Å². The van der Waals surface area contributed by atoms with Crippen LogP contribution in [0.4, 0.5) is 11.4 Å². The molecule has 7 nitrogen and oxygen atoms in total. The van der Waals surface area contributed by atoms with Crippen molar-refractivity contribution in [1.29, 1.82) is 0 Å². The molecule has 3 rings (SSSR count). The van der Waals surface area contributed by atoms with Gasteiger partial charge in [0.1, 0.15) is 12.0 Å². The second kappa shape index (κ2) is 7.55. The van der Waals surface area contributed by atoms with Crippen molar-refractivity contribution in [1.82, 2.24) is 0 Å². The summed E-state index contributed by atoms with van der Waals surface area (Å²) >= 11 is 0. The lowest BCUT2D eigenvalue weighted by Gasteiger charge is -2.14. The van der Waals surface area contributed by atoms with Crippen LogP contribution in [0.1, 0.15) is 15.9 Å². The average molecular weight is 386 g/mol. The third-order valence-corrected chi connectivity index (χ3v) is 5.38. The smallest absolute Gasteiger partial charge is 0.262 e. The number of ether oxygens (including phenoxy) is 1. The first-order valence-electron chi connectivity index (χ1n) is 8.01. The van der Waals surface area contributed by atoms with Crippen LogP contribution in [-0.4, -0.2) is 21.4 Å².